The molecule has 1 fully saturated rings. The number of aromatic nitrogens is 2. The largest absolute Gasteiger partial charge is 0.435 e. The number of halogens is 6. The number of anilines is 3. The van der Waals surface area contributed by atoms with E-state index in [1.54, 1.807) is 0 Å². The lowest BCUT2D eigenvalue weighted by atomic mass is 9.79. The zero-order valence-corrected chi connectivity index (χ0v) is 18.4. The molecular weight excluding hydrogens is 452 g/mol. The average Bonchev–Trinajstić information content (AvgIpc) is 2.60. The first kappa shape index (κ1) is 24.9. The second kappa shape index (κ2) is 8.88. The van der Waals surface area contributed by atoms with E-state index in [1.807, 2.05) is 27.7 Å². The summed E-state index contributed by atoms with van der Waals surface area (Å²) in [6.07, 6.45) is -2.59. The van der Waals surface area contributed by atoms with Gasteiger partial charge in [0.1, 0.15) is 5.75 Å². The maximum atomic E-state index is 14.4. The number of rotatable bonds is 6. The van der Waals surface area contributed by atoms with E-state index in [0.717, 1.165) is 12.3 Å². The molecule has 1 aromatic carbocycles. The molecule has 1 aromatic heterocycles. The van der Waals surface area contributed by atoms with E-state index >= 15 is 0 Å². The number of alkyl halides is 5. The summed E-state index contributed by atoms with van der Waals surface area (Å²) in [6.45, 7) is 4.80. The van der Waals surface area contributed by atoms with Gasteiger partial charge in [0.15, 0.2) is 11.6 Å². The van der Waals surface area contributed by atoms with Crippen LogP contribution in [0.2, 0.25) is 0 Å². The molecule has 6 nitrogen and oxygen atoms in total. The maximum Gasteiger partial charge on any atom is 0.416 e. The van der Waals surface area contributed by atoms with E-state index in [4.69, 9.17) is 0 Å². The average molecular weight is 477 g/mol. The molecule has 0 spiro atoms. The van der Waals surface area contributed by atoms with Crippen LogP contribution >= 0.6 is 0 Å². The Kier molecular flexibility index (Phi) is 6.69. The van der Waals surface area contributed by atoms with Crippen molar-refractivity contribution in [3.8, 4) is 5.75 Å². The molecule has 0 amide bonds. The van der Waals surface area contributed by atoms with E-state index in [2.05, 4.69) is 30.7 Å². The molecule has 0 radical (unpaired) electrons. The van der Waals surface area contributed by atoms with Gasteiger partial charge < -0.3 is 20.7 Å². The summed E-state index contributed by atoms with van der Waals surface area (Å²) in [6, 6.07) is 1.96. The highest BCUT2D eigenvalue weighted by Crippen LogP contribution is 2.35. The van der Waals surface area contributed by atoms with Gasteiger partial charge in [-0.1, -0.05) is 0 Å². The van der Waals surface area contributed by atoms with E-state index in [1.165, 1.54) is 0 Å². The number of nitrogens with one attached hydrogen (secondary N) is 3. The van der Waals surface area contributed by atoms with Crippen LogP contribution in [0.5, 0.6) is 5.75 Å². The predicted octanol–water partition coefficient (Wildman–Crippen LogP) is 5.70. The summed E-state index contributed by atoms with van der Waals surface area (Å²) in [5, 5.41) is 9.06. The summed E-state index contributed by atoms with van der Waals surface area (Å²) in [7, 11) is 0. The molecule has 0 bridgehead atoms. The first-order valence-electron chi connectivity index (χ1n) is 10.1. The highest BCUT2D eigenvalue weighted by molar-refractivity contribution is 5.59. The Labute approximate surface area is 187 Å². The van der Waals surface area contributed by atoms with Gasteiger partial charge in [-0.05, 0) is 52.7 Å². The fourth-order valence-corrected chi connectivity index (χ4v) is 4.28. The van der Waals surface area contributed by atoms with Crippen molar-refractivity contribution in [2.24, 2.45) is 0 Å². The second-order valence-electron chi connectivity index (χ2n) is 9.28. The van der Waals surface area contributed by atoms with Gasteiger partial charge in [0.05, 0.1) is 11.8 Å². The normalized spacial score (nSPS) is 18.3. The molecule has 2 heterocycles. The molecule has 0 unspecified atom stereocenters. The standard InChI is InChI=1S/C21H25F6N5O/c1-19(2)8-13(9-20(3,4)32-19)29-16-15(22)10-28-18(31-16)30-12-5-11(21(25,26)27)6-14(7-12)33-17(23)24/h5-7,10,13,17,32H,8-9H2,1-4H3,(H2,28,29,30,31). The van der Waals surface area contributed by atoms with Crippen LogP contribution in [0.4, 0.5) is 43.8 Å². The van der Waals surface area contributed by atoms with E-state index in [9.17, 15) is 26.3 Å². The van der Waals surface area contributed by atoms with Gasteiger partial charge in [-0.2, -0.15) is 26.9 Å². The van der Waals surface area contributed by atoms with E-state index < -0.39 is 29.9 Å². The van der Waals surface area contributed by atoms with Gasteiger partial charge in [0, 0.05) is 28.9 Å². The number of benzene rings is 1. The highest BCUT2D eigenvalue weighted by atomic mass is 19.4. The fourth-order valence-electron chi connectivity index (χ4n) is 4.28. The Morgan fingerprint density at radius 2 is 1.73 bits per heavy atom. The summed E-state index contributed by atoms with van der Waals surface area (Å²) in [4.78, 5) is 7.79. The fraction of sp³-hybridized carbons (Fsp3) is 0.524. The molecule has 1 aliphatic heterocycles. The van der Waals surface area contributed by atoms with Crippen molar-refractivity contribution in [1.29, 1.82) is 0 Å². The van der Waals surface area contributed by atoms with Crippen molar-refractivity contribution < 1.29 is 31.1 Å². The zero-order chi connectivity index (χ0) is 24.6. The topological polar surface area (TPSA) is 71.1 Å². The molecule has 3 rings (SSSR count). The minimum Gasteiger partial charge on any atom is -0.435 e. The number of hydrogen-bond donors (Lipinski definition) is 3. The van der Waals surface area contributed by atoms with Crippen LogP contribution in [0, 0.1) is 5.82 Å². The van der Waals surface area contributed by atoms with Gasteiger partial charge in [0.2, 0.25) is 5.95 Å². The monoisotopic (exact) mass is 477 g/mol. The van der Waals surface area contributed by atoms with Crippen LogP contribution in [0.15, 0.2) is 24.4 Å². The van der Waals surface area contributed by atoms with E-state index in [-0.39, 0.29) is 34.6 Å². The van der Waals surface area contributed by atoms with Crippen LogP contribution in [0.1, 0.15) is 46.1 Å². The van der Waals surface area contributed by atoms with Crippen molar-refractivity contribution in [1.82, 2.24) is 15.3 Å². The van der Waals surface area contributed by atoms with Crippen LogP contribution in [0.3, 0.4) is 0 Å². The number of ether oxygens (including phenoxy) is 1. The Hall–Kier alpha value is -2.76. The van der Waals surface area contributed by atoms with Gasteiger partial charge in [-0.3, -0.25) is 0 Å². The van der Waals surface area contributed by atoms with Crippen LogP contribution in [0.25, 0.3) is 0 Å². The minimum atomic E-state index is -4.80. The van der Waals surface area contributed by atoms with Crippen LogP contribution in [-0.2, 0) is 6.18 Å². The lowest BCUT2D eigenvalue weighted by molar-refractivity contribution is -0.138. The van der Waals surface area contributed by atoms with E-state index in [0.29, 0.717) is 25.0 Å². The second-order valence-corrected chi connectivity index (χ2v) is 9.28. The Bertz CT molecular complexity index is 980. The van der Waals surface area contributed by atoms with Crippen LogP contribution < -0.4 is 20.7 Å². The van der Waals surface area contributed by atoms with Crippen molar-refractivity contribution in [2.75, 3.05) is 10.6 Å². The highest BCUT2D eigenvalue weighted by Gasteiger charge is 2.38. The summed E-state index contributed by atoms with van der Waals surface area (Å²) in [5.74, 6) is -1.77. The third-order valence-corrected chi connectivity index (χ3v) is 4.99. The van der Waals surface area contributed by atoms with Crippen molar-refractivity contribution in [3.63, 3.8) is 0 Å². The molecule has 2 aromatic rings. The molecule has 33 heavy (non-hydrogen) atoms. The molecular formula is C21H25F6N5O. The lowest BCUT2D eigenvalue weighted by Gasteiger charge is -2.46. The molecule has 12 heteroatoms. The minimum absolute atomic E-state index is 0.123. The number of hydrogen-bond acceptors (Lipinski definition) is 6. The predicted molar refractivity (Wildman–Crippen MR) is 111 cm³/mol. The zero-order valence-electron chi connectivity index (χ0n) is 18.4. The molecule has 182 valence electrons. The quantitative estimate of drug-likeness (QED) is 0.464. The molecule has 0 atom stereocenters. The lowest BCUT2D eigenvalue weighted by Crippen LogP contribution is -2.60. The molecule has 0 aliphatic carbocycles. The smallest absolute Gasteiger partial charge is 0.416 e. The van der Waals surface area contributed by atoms with Gasteiger partial charge in [-0.15, -0.1) is 0 Å². The van der Waals surface area contributed by atoms with Crippen LogP contribution in [-0.4, -0.2) is 33.7 Å². The Morgan fingerprint density at radius 3 is 2.30 bits per heavy atom. The molecule has 0 saturated carbocycles. The third-order valence-electron chi connectivity index (χ3n) is 4.99. The summed E-state index contributed by atoms with van der Waals surface area (Å²) >= 11 is 0. The van der Waals surface area contributed by atoms with Crippen molar-refractivity contribution in [2.45, 2.75) is 70.4 Å². The van der Waals surface area contributed by atoms with Gasteiger partial charge in [-0.25, -0.2) is 9.37 Å². The molecule has 1 aliphatic rings. The summed E-state index contributed by atoms with van der Waals surface area (Å²) in [5.41, 5.74) is -1.89. The Morgan fingerprint density at radius 1 is 1.09 bits per heavy atom. The molecule has 1 saturated heterocycles. The third kappa shape index (κ3) is 6.86. The summed E-state index contributed by atoms with van der Waals surface area (Å²) < 4.78 is 83.1. The first-order valence-corrected chi connectivity index (χ1v) is 10.1. The maximum absolute atomic E-state index is 14.4. The first-order chi connectivity index (χ1) is 15.1. The molecule has 3 N–H and O–H groups in total. The van der Waals surface area contributed by atoms with Gasteiger partial charge >= 0.3 is 12.8 Å². The number of piperidine rings is 1. The van der Waals surface area contributed by atoms with Gasteiger partial charge in [0.25, 0.3) is 0 Å². The Balaban J connectivity index is 1.85. The van der Waals surface area contributed by atoms with Crippen molar-refractivity contribution >= 4 is 17.5 Å². The SMILES string of the molecule is CC1(C)CC(Nc2nc(Nc3cc(OC(F)F)cc(C(F)(F)F)c3)ncc2F)CC(C)(C)N1. The number of nitrogens with zero attached hydrogens (tertiary/aromatic N) is 2. The van der Waals surface area contributed by atoms with Crippen molar-refractivity contribution in [3.05, 3.63) is 35.8 Å².